The van der Waals surface area contributed by atoms with Gasteiger partial charge in [0.2, 0.25) is 5.91 Å². The fraction of sp³-hybridized carbons (Fsp3) is 0.400. The lowest BCUT2D eigenvalue weighted by Gasteiger charge is -2.11. The molecule has 0 aliphatic rings. The van der Waals surface area contributed by atoms with Gasteiger partial charge in [0.15, 0.2) is 0 Å². The van der Waals surface area contributed by atoms with Crippen molar-refractivity contribution in [3.8, 4) is 0 Å². The van der Waals surface area contributed by atoms with Gasteiger partial charge >= 0.3 is 0 Å². The van der Waals surface area contributed by atoms with E-state index in [-0.39, 0.29) is 12.5 Å². The van der Waals surface area contributed by atoms with E-state index in [0.29, 0.717) is 6.54 Å². The Kier molecular flexibility index (Phi) is 6.68. The smallest absolute Gasteiger partial charge is 0.243 e. The molecule has 0 bridgehead atoms. The highest BCUT2D eigenvalue weighted by Gasteiger charge is 1.96. The molecule has 4 nitrogen and oxygen atoms in total. The van der Waals surface area contributed by atoms with Crippen molar-refractivity contribution in [2.24, 2.45) is 0 Å². The summed E-state index contributed by atoms with van der Waals surface area (Å²) in [5.74, 6) is -0.102. The Balaban J connectivity index is 2.40. The van der Waals surface area contributed by atoms with Crippen LogP contribution >= 0.6 is 0 Å². The number of nitrogens with zero attached hydrogens (tertiary/aromatic N) is 1. The third-order valence-corrected chi connectivity index (χ3v) is 2.72. The average Bonchev–Trinajstić information content (AvgIpc) is 2.42. The Morgan fingerprint density at radius 1 is 1.26 bits per heavy atom. The van der Waals surface area contributed by atoms with E-state index in [1.54, 1.807) is 6.08 Å². The van der Waals surface area contributed by atoms with E-state index >= 15 is 0 Å². The Labute approximate surface area is 114 Å². The third-order valence-electron chi connectivity index (χ3n) is 2.72. The van der Waals surface area contributed by atoms with Crippen molar-refractivity contribution < 1.29 is 9.90 Å². The van der Waals surface area contributed by atoms with E-state index < -0.39 is 0 Å². The van der Waals surface area contributed by atoms with Crippen LogP contribution in [0.15, 0.2) is 30.3 Å². The molecule has 0 saturated carbocycles. The van der Waals surface area contributed by atoms with Crippen LogP contribution in [0.1, 0.15) is 18.4 Å². The maximum Gasteiger partial charge on any atom is 0.243 e. The molecule has 0 aromatic heterocycles. The molecule has 1 amide bonds. The number of amides is 1. The zero-order chi connectivity index (χ0) is 14.1. The molecule has 0 spiro atoms. The van der Waals surface area contributed by atoms with Crippen LogP contribution in [-0.2, 0) is 4.79 Å². The number of unbranched alkanes of at least 4 members (excludes halogenated alkanes) is 1. The topological polar surface area (TPSA) is 52.6 Å². The summed E-state index contributed by atoms with van der Waals surface area (Å²) in [6.07, 6.45) is 4.84. The normalized spacial score (nSPS) is 10.7. The first-order chi connectivity index (χ1) is 9.13. The highest BCUT2D eigenvalue weighted by molar-refractivity contribution is 5.91. The molecule has 104 valence electrons. The summed E-state index contributed by atoms with van der Waals surface area (Å²) in [7, 11) is 3.98. The number of aliphatic hydroxyl groups excluding tert-OH is 1. The van der Waals surface area contributed by atoms with Crippen LogP contribution in [0.4, 0.5) is 5.69 Å². The van der Waals surface area contributed by atoms with E-state index in [1.165, 1.54) is 6.08 Å². The maximum absolute atomic E-state index is 11.5. The van der Waals surface area contributed by atoms with E-state index in [1.807, 2.05) is 43.3 Å². The second-order valence-corrected chi connectivity index (χ2v) is 4.54. The molecule has 1 rings (SSSR count). The summed E-state index contributed by atoms with van der Waals surface area (Å²) in [6, 6.07) is 7.98. The van der Waals surface area contributed by atoms with Gasteiger partial charge in [-0.05, 0) is 36.6 Å². The van der Waals surface area contributed by atoms with Crippen LogP contribution in [0.25, 0.3) is 6.08 Å². The Bertz CT molecular complexity index is 411. The van der Waals surface area contributed by atoms with E-state index in [4.69, 9.17) is 5.11 Å². The Morgan fingerprint density at radius 2 is 1.95 bits per heavy atom. The molecule has 19 heavy (non-hydrogen) atoms. The minimum atomic E-state index is -0.102. The number of hydrogen-bond acceptors (Lipinski definition) is 3. The first-order valence-electron chi connectivity index (χ1n) is 6.47. The van der Waals surface area contributed by atoms with E-state index in [9.17, 15) is 4.79 Å². The first-order valence-corrected chi connectivity index (χ1v) is 6.47. The van der Waals surface area contributed by atoms with Crippen molar-refractivity contribution in [3.05, 3.63) is 35.9 Å². The quantitative estimate of drug-likeness (QED) is 0.580. The van der Waals surface area contributed by atoms with Crippen molar-refractivity contribution >= 4 is 17.7 Å². The fourth-order valence-corrected chi connectivity index (χ4v) is 1.56. The van der Waals surface area contributed by atoms with E-state index in [0.717, 1.165) is 24.1 Å². The molecule has 4 heteroatoms. The number of benzene rings is 1. The van der Waals surface area contributed by atoms with Gasteiger partial charge in [0.25, 0.3) is 0 Å². The fourth-order valence-electron chi connectivity index (χ4n) is 1.56. The predicted octanol–water partition coefficient (Wildman–Crippen LogP) is 1.65. The van der Waals surface area contributed by atoms with Crippen molar-refractivity contribution in [1.82, 2.24) is 5.32 Å². The lowest BCUT2D eigenvalue weighted by molar-refractivity contribution is -0.116. The summed E-state index contributed by atoms with van der Waals surface area (Å²) >= 11 is 0. The van der Waals surface area contributed by atoms with Gasteiger partial charge in [-0.3, -0.25) is 4.79 Å². The van der Waals surface area contributed by atoms with Crippen LogP contribution in [0.5, 0.6) is 0 Å². The summed E-state index contributed by atoms with van der Waals surface area (Å²) in [5, 5.41) is 11.4. The molecule has 0 atom stereocenters. The van der Waals surface area contributed by atoms with Crippen LogP contribution in [0.3, 0.4) is 0 Å². The summed E-state index contributed by atoms with van der Waals surface area (Å²) in [5.41, 5.74) is 2.13. The second-order valence-electron chi connectivity index (χ2n) is 4.54. The molecule has 0 radical (unpaired) electrons. The number of carbonyl (C=O) groups excluding carboxylic acids is 1. The molecule has 1 aromatic carbocycles. The summed E-state index contributed by atoms with van der Waals surface area (Å²) in [4.78, 5) is 13.5. The molecule has 0 fully saturated rings. The maximum atomic E-state index is 11.5. The van der Waals surface area contributed by atoms with Crippen molar-refractivity contribution in [2.45, 2.75) is 12.8 Å². The van der Waals surface area contributed by atoms with Crippen LogP contribution in [0.2, 0.25) is 0 Å². The van der Waals surface area contributed by atoms with Crippen molar-refractivity contribution in [3.63, 3.8) is 0 Å². The number of rotatable bonds is 7. The highest BCUT2D eigenvalue weighted by atomic mass is 16.2. The zero-order valence-corrected chi connectivity index (χ0v) is 11.6. The number of hydrogen-bond donors (Lipinski definition) is 2. The van der Waals surface area contributed by atoms with Gasteiger partial charge in [0.05, 0.1) is 0 Å². The number of aliphatic hydroxyl groups is 1. The van der Waals surface area contributed by atoms with Gasteiger partial charge in [-0.15, -0.1) is 0 Å². The zero-order valence-electron chi connectivity index (χ0n) is 11.6. The summed E-state index contributed by atoms with van der Waals surface area (Å²) < 4.78 is 0. The molecular weight excluding hydrogens is 240 g/mol. The van der Waals surface area contributed by atoms with Gasteiger partial charge in [-0.1, -0.05) is 12.1 Å². The third kappa shape index (κ3) is 6.06. The number of carbonyl (C=O) groups is 1. The highest BCUT2D eigenvalue weighted by Crippen LogP contribution is 2.12. The minimum Gasteiger partial charge on any atom is -0.396 e. The van der Waals surface area contributed by atoms with Crippen LogP contribution in [0, 0.1) is 0 Å². The number of nitrogens with one attached hydrogen (secondary N) is 1. The lowest BCUT2D eigenvalue weighted by Crippen LogP contribution is -2.22. The second kappa shape index (κ2) is 8.32. The largest absolute Gasteiger partial charge is 0.396 e. The monoisotopic (exact) mass is 262 g/mol. The Morgan fingerprint density at radius 3 is 2.53 bits per heavy atom. The molecule has 0 aliphatic carbocycles. The number of anilines is 1. The molecule has 1 aromatic rings. The minimum absolute atomic E-state index is 0.102. The molecule has 0 unspecified atom stereocenters. The van der Waals surface area contributed by atoms with Crippen molar-refractivity contribution in [1.29, 1.82) is 0 Å². The van der Waals surface area contributed by atoms with Gasteiger partial charge in [-0.2, -0.15) is 0 Å². The van der Waals surface area contributed by atoms with E-state index in [2.05, 4.69) is 5.32 Å². The SMILES string of the molecule is CN(C)c1ccc(/C=C/C(=O)NCCCCO)cc1. The van der Waals surface area contributed by atoms with Gasteiger partial charge in [-0.25, -0.2) is 0 Å². The molecular formula is C15H22N2O2. The lowest BCUT2D eigenvalue weighted by atomic mass is 10.2. The predicted molar refractivity (Wildman–Crippen MR) is 79.1 cm³/mol. The van der Waals surface area contributed by atoms with Gasteiger partial charge in [0, 0.05) is 39.0 Å². The van der Waals surface area contributed by atoms with Crippen molar-refractivity contribution in [2.75, 3.05) is 32.1 Å². The first kappa shape index (κ1) is 15.2. The average molecular weight is 262 g/mol. The Hall–Kier alpha value is -1.81. The molecule has 0 heterocycles. The van der Waals surface area contributed by atoms with Gasteiger partial charge in [0.1, 0.15) is 0 Å². The molecule has 0 aliphatic heterocycles. The van der Waals surface area contributed by atoms with Crippen LogP contribution < -0.4 is 10.2 Å². The summed E-state index contributed by atoms with van der Waals surface area (Å²) in [6.45, 7) is 0.771. The molecule has 2 N–H and O–H groups in total. The van der Waals surface area contributed by atoms with Gasteiger partial charge < -0.3 is 15.3 Å². The molecule has 0 saturated heterocycles. The van der Waals surface area contributed by atoms with Crippen LogP contribution in [-0.4, -0.2) is 38.3 Å². The standard InChI is InChI=1S/C15H22N2O2/c1-17(2)14-8-5-13(6-9-14)7-10-15(19)16-11-3-4-12-18/h5-10,18H,3-4,11-12H2,1-2H3,(H,16,19)/b10-7+.